The average Bonchev–Trinajstić information content (AvgIpc) is 3.82. The number of hydrogen-bond acceptors (Lipinski definition) is 10. The van der Waals surface area contributed by atoms with Gasteiger partial charge in [-0.15, -0.1) is 0 Å². The van der Waals surface area contributed by atoms with Gasteiger partial charge < -0.3 is 49.1 Å². The van der Waals surface area contributed by atoms with Gasteiger partial charge >= 0.3 is 6.09 Å². The maximum absolute atomic E-state index is 14.0. The summed E-state index contributed by atoms with van der Waals surface area (Å²) in [6, 6.07) is 14.8. The number of nitrogens with zero attached hydrogens (tertiary/aromatic N) is 2. The Morgan fingerprint density at radius 2 is 1.39 bits per heavy atom. The van der Waals surface area contributed by atoms with Crippen LogP contribution in [-0.4, -0.2) is 143 Å². The lowest BCUT2D eigenvalue weighted by Gasteiger charge is -2.36. The van der Waals surface area contributed by atoms with Crippen molar-refractivity contribution in [1.82, 2.24) is 20.4 Å². The zero-order valence-electron chi connectivity index (χ0n) is 34.1. The lowest BCUT2D eigenvalue weighted by atomic mass is 9.85. The fourth-order valence-corrected chi connectivity index (χ4v) is 6.76. The summed E-state index contributed by atoms with van der Waals surface area (Å²) in [5.74, 6) is -1.26. The predicted octanol–water partition coefficient (Wildman–Crippen LogP) is 3.59. The van der Waals surface area contributed by atoms with E-state index in [4.69, 9.17) is 28.4 Å². The molecule has 0 aromatic heterocycles. The largest absolute Gasteiger partial charge is 0.465 e. The van der Waals surface area contributed by atoms with E-state index in [0.29, 0.717) is 98.5 Å². The molecule has 3 N–H and O–H groups in total. The highest BCUT2D eigenvalue weighted by molar-refractivity contribution is 5.94. The topological polar surface area (TPSA) is 174 Å². The Balaban J connectivity index is 1.14. The van der Waals surface area contributed by atoms with Crippen molar-refractivity contribution in [3.8, 4) is 0 Å². The molecule has 5 atom stereocenters. The van der Waals surface area contributed by atoms with Gasteiger partial charge in [-0.3, -0.25) is 19.3 Å². The van der Waals surface area contributed by atoms with Crippen LogP contribution in [0.3, 0.4) is 0 Å². The van der Waals surface area contributed by atoms with Crippen molar-refractivity contribution in [2.75, 3.05) is 79.7 Å². The number of benzene rings is 2. The normalized spacial score (nSPS) is 18.8. The van der Waals surface area contributed by atoms with Crippen molar-refractivity contribution in [2.24, 2.45) is 5.41 Å². The standard InChI is InChI=1S/C42H62N4O11/c1-30(45(5)41(50)51)38(47)44-37(42(2,3)4)40(49)46-17-11-16-34(46)39(48)43-36-33-15-10-9-14-32(33)28-35(36)57-27-26-55-23-22-53-19-18-52-20-21-54-24-25-56-29-31-12-7-6-8-13-31/h6-10,12-15,30,34-37H,11,16-29H2,1-5H3,(H,43,48)(H,44,47)(H,50,51)/t30-,34-,35+,36-,37+/m0/s1. The molecule has 1 aliphatic carbocycles. The third-order valence-electron chi connectivity index (χ3n) is 10.1. The van der Waals surface area contributed by atoms with E-state index < -0.39 is 41.6 Å². The van der Waals surface area contributed by atoms with Gasteiger partial charge in [0, 0.05) is 20.0 Å². The van der Waals surface area contributed by atoms with E-state index in [1.54, 1.807) is 0 Å². The molecule has 15 heteroatoms. The fourth-order valence-electron chi connectivity index (χ4n) is 6.76. The van der Waals surface area contributed by atoms with Gasteiger partial charge in [0.2, 0.25) is 17.7 Å². The Morgan fingerprint density at radius 1 is 0.825 bits per heavy atom. The number of hydrogen-bond donors (Lipinski definition) is 3. The molecule has 2 aliphatic rings. The second-order valence-corrected chi connectivity index (χ2v) is 15.4. The summed E-state index contributed by atoms with van der Waals surface area (Å²) in [6.07, 6.45) is 0.140. The first-order valence-corrected chi connectivity index (χ1v) is 19.9. The number of ether oxygens (including phenoxy) is 6. The van der Waals surface area contributed by atoms with Gasteiger partial charge in [-0.05, 0) is 41.9 Å². The number of rotatable bonds is 24. The van der Waals surface area contributed by atoms with Crippen LogP contribution < -0.4 is 10.6 Å². The lowest BCUT2D eigenvalue weighted by Crippen LogP contribution is -2.60. The van der Waals surface area contributed by atoms with Gasteiger partial charge in [0.25, 0.3) is 0 Å². The molecular weight excluding hydrogens is 736 g/mol. The first-order valence-electron chi connectivity index (χ1n) is 19.9. The monoisotopic (exact) mass is 798 g/mol. The molecule has 0 spiro atoms. The molecule has 0 bridgehead atoms. The minimum absolute atomic E-state index is 0.289. The van der Waals surface area contributed by atoms with Gasteiger partial charge in [0.15, 0.2) is 0 Å². The van der Waals surface area contributed by atoms with Crippen LogP contribution >= 0.6 is 0 Å². The molecule has 1 aliphatic heterocycles. The molecule has 15 nitrogen and oxygen atoms in total. The fraction of sp³-hybridized carbons (Fsp3) is 0.619. The second kappa shape index (κ2) is 23.3. The summed E-state index contributed by atoms with van der Waals surface area (Å²) in [6.45, 7) is 12.3. The van der Waals surface area contributed by atoms with E-state index in [-0.39, 0.29) is 17.9 Å². The number of carboxylic acid groups (broad SMARTS) is 1. The van der Waals surface area contributed by atoms with Crippen LogP contribution in [0.1, 0.15) is 63.3 Å². The van der Waals surface area contributed by atoms with E-state index in [2.05, 4.69) is 10.6 Å². The smallest absolute Gasteiger partial charge is 0.407 e. The Bertz CT molecular complexity index is 1560. The predicted molar refractivity (Wildman–Crippen MR) is 212 cm³/mol. The number of carbonyl (C=O) groups is 4. The van der Waals surface area contributed by atoms with Crippen molar-refractivity contribution in [1.29, 1.82) is 0 Å². The number of nitrogens with one attached hydrogen (secondary N) is 2. The summed E-state index contributed by atoms with van der Waals surface area (Å²) in [4.78, 5) is 54.8. The molecule has 0 saturated carbocycles. The average molecular weight is 799 g/mol. The summed E-state index contributed by atoms with van der Waals surface area (Å²) in [5.41, 5.74) is 2.48. The van der Waals surface area contributed by atoms with E-state index >= 15 is 0 Å². The lowest BCUT2D eigenvalue weighted by molar-refractivity contribution is -0.144. The third-order valence-corrected chi connectivity index (χ3v) is 10.1. The number of likely N-dealkylation sites (tertiary alicyclic amines) is 1. The van der Waals surface area contributed by atoms with E-state index in [1.165, 1.54) is 18.9 Å². The molecule has 1 heterocycles. The van der Waals surface area contributed by atoms with Gasteiger partial charge in [-0.2, -0.15) is 0 Å². The van der Waals surface area contributed by atoms with Gasteiger partial charge in [0.05, 0.1) is 84.8 Å². The van der Waals surface area contributed by atoms with Crippen LogP contribution in [0.25, 0.3) is 0 Å². The van der Waals surface area contributed by atoms with E-state index in [1.807, 2.05) is 75.4 Å². The van der Waals surface area contributed by atoms with Crippen molar-refractivity contribution in [2.45, 2.75) is 83.8 Å². The summed E-state index contributed by atoms with van der Waals surface area (Å²) in [7, 11) is 1.30. The summed E-state index contributed by atoms with van der Waals surface area (Å²) < 4.78 is 34.3. The Labute approximate surface area is 336 Å². The molecule has 1 saturated heterocycles. The first-order chi connectivity index (χ1) is 27.4. The minimum atomic E-state index is -1.26. The summed E-state index contributed by atoms with van der Waals surface area (Å²) >= 11 is 0. The zero-order valence-corrected chi connectivity index (χ0v) is 34.1. The van der Waals surface area contributed by atoms with Crippen molar-refractivity contribution < 1.29 is 52.7 Å². The quantitative estimate of drug-likeness (QED) is 0.133. The number of fused-ring (bicyclic) bond motifs is 1. The van der Waals surface area contributed by atoms with E-state index in [0.717, 1.165) is 21.6 Å². The minimum Gasteiger partial charge on any atom is -0.465 e. The second-order valence-electron chi connectivity index (χ2n) is 15.4. The molecule has 0 unspecified atom stereocenters. The highest BCUT2D eigenvalue weighted by Crippen LogP contribution is 2.34. The molecule has 4 amide bonds. The number of carbonyl (C=O) groups excluding carboxylic acids is 3. The van der Waals surface area contributed by atoms with Gasteiger partial charge in [-0.1, -0.05) is 75.4 Å². The molecule has 0 radical (unpaired) electrons. The van der Waals surface area contributed by atoms with Gasteiger partial charge in [-0.25, -0.2) is 4.79 Å². The van der Waals surface area contributed by atoms with Crippen molar-refractivity contribution in [3.05, 3.63) is 71.3 Å². The zero-order chi connectivity index (χ0) is 41.2. The molecule has 316 valence electrons. The molecule has 57 heavy (non-hydrogen) atoms. The van der Waals surface area contributed by atoms with Crippen molar-refractivity contribution in [3.63, 3.8) is 0 Å². The third kappa shape index (κ3) is 14.3. The molecule has 4 rings (SSSR count). The number of likely N-dealkylation sites (N-methyl/N-ethyl adjacent to an activating group) is 1. The SMILES string of the molecule is C[C@@H](C(=O)N[C@H](C(=O)N1CCC[C@H]1C(=O)N[C@H]1c2ccccc2C[C@H]1OCCOCCOCCOCCOCCOCc1ccccc1)C(C)(C)C)N(C)C(=O)O. The van der Waals surface area contributed by atoms with Crippen molar-refractivity contribution >= 4 is 23.8 Å². The molecule has 1 fully saturated rings. The van der Waals surface area contributed by atoms with Crippen LogP contribution in [0.5, 0.6) is 0 Å². The van der Waals surface area contributed by atoms with E-state index in [9.17, 15) is 24.3 Å². The Hall–Kier alpha value is -4.12. The van der Waals surface area contributed by atoms with Gasteiger partial charge in [0.1, 0.15) is 18.1 Å². The van der Waals surface area contributed by atoms with Crippen LogP contribution in [-0.2, 0) is 55.8 Å². The molecule has 2 aromatic carbocycles. The highest BCUT2D eigenvalue weighted by atomic mass is 16.6. The van der Waals surface area contributed by atoms with Crippen LogP contribution in [0.2, 0.25) is 0 Å². The Morgan fingerprint density at radius 3 is 1.98 bits per heavy atom. The summed E-state index contributed by atoms with van der Waals surface area (Å²) in [5, 5.41) is 15.3. The number of amides is 4. The molecular formula is C42H62N4O11. The Kier molecular flexibility index (Phi) is 18.7. The maximum atomic E-state index is 14.0. The highest BCUT2D eigenvalue weighted by Gasteiger charge is 2.44. The maximum Gasteiger partial charge on any atom is 0.407 e. The van der Waals surface area contributed by atoms with Crippen LogP contribution in [0, 0.1) is 5.41 Å². The van der Waals surface area contributed by atoms with Crippen LogP contribution in [0.4, 0.5) is 4.79 Å². The first kappa shape index (κ1) is 45.6. The van der Waals surface area contributed by atoms with Crippen LogP contribution in [0.15, 0.2) is 54.6 Å². The molecule has 2 aromatic rings.